The predicted octanol–water partition coefficient (Wildman–Crippen LogP) is 2.67. The molecule has 0 N–H and O–H groups in total. The van der Waals surface area contributed by atoms with Crippen LogP contribution in [0.5, 0.6) is 5.75 Å². The van der Waals surface area contributed by atoms with E-state index in [4.69, 9.17) is 4.74 Å². The molecule has 2 saturated heterocycles. The van der Waals surface area contributed by atoms with E-state index in [0.29, 0.717) is 6.54 Å². The monoisotopic (exact) mass is 448 g/mol. The smallest absolute Gasteiger partial charge is 0.236 e. The Bertz CT molecular complexity index is 884. The summed E-state index contributed by atoms with van der Waals surface area (Å²) >= 11 is 0. The number of ether oxygens (including phenoxy) is 1. The van der Waals surface area contributed by atoms with Crippen LogP contribution in [0.2, 0.25) is 0 Å². The number of carbonyl (C=O) groups excluding carboxylic acids is 1. The van der Waals surface area contributed by atoms with Crippen molar-refractivity contribution in [1.29, 1.82) is 0 Å². The zero-order valence-electron chi connectivity index (χ0n) is 19.7. The average molecular weight is 449 g/mol. The first-order chi connectivity index (χ1) is 16.2. The molecule has 33 heavy (non-hydrogen) atoms. The van der Waals surface area contributed by atoms with Crippen LogP contribution in [0.15, 0.2) is 60.7 Å². The number of rotatable bonds is 8. The fourth-order valence-corrected chi connectivity index (χ4v) is 4.47. The van der Waals surface area contributed by atoms with Gasteiger partial charge in [-0.3, -0.25) is 19.5 Å². The van der Waals surface area contributed by atoms with Gasteiger partial charge in [0, 0.05) is 65.4 Å². The Morgan fingerprint density at radius 1 is 0.818 bits per heavy atom. The van der Waals surface area contributed by atoms with Gasteiger partial charge < -0.3 is 9.64 Å². The summed E-state index contributed by atoms with van der Waals surface area (Å²) in [6.45, 7) is 9.89. The number of methoxy groups -OCH3 is 1. The molecule has 2 aromatic rings. The number of benzene rings is 2. The standard InChI is InChI=1S/C27H36N4O2/c1-33-26-11-9-25(10-12-26)22-29-18-20-31(21-19-29)27(32)23-30-16-14-28(15-17-30)13-5-8-24-6-3-2-4-7-24/h2-12H,13-23H2,1H3/b8-5+. The van der Waals surface area contributed by atoms with E-state index in [0.717, 1.165) is 71.2 Å². The quantitative estimate of drug-likeness (QED) is 0.621. The highest BCUT2D eigenvalue weighted by atomic mass is 16.5. The Morgan fingerprint density at radius 2 is 1.45 bits per heavy atom. The largest absolute Gasteiger partial charge is 0.497 e. The summed E-state index contributed by atoms with van der Waals surface area (Å²) < 4.78 is 5.23. The highest BCUT2D eigenvalue weighted by Gasteiger charge is 2.24. The van der Waals surface area contributed by atoms with Crippen LogP contribution in [0.1, 0.15) is 11.1 Å². The van der Waals surface area contributed by atoms with Crippen LogP contribution in [0.3, 0.4) is 0 Å². The van der Waals surface area contributed by atoms with Gasteiger partial charge in [-0.2, -0.15) is 0 Å². The molecule has 4 rings (SSSR count). The van der Waals surface area contributed by atoms with E-state index in [2.05, 4.69) is 63.2 Å². The third-order valence-electron chi connectivity index (χ3n) is 6.59. The van der Waals surface area contributed by atoms with Crippen molar-refractivity contribution in [1.82, 2.24) is 19.6 Å². The molecule has 0 bridgehead atoms. The first-order valence-corrected chi connectivity index (χ1v) is 12.0. The summed E-state index contributed by atoms with van der Waals surface area (Å²) in [5.74, 6) is 1.16. The molecule has 0 unspecified atom stereocenters. The highest BCUT2D eigenvalue weighted by molar-refractivity contribution is 5.78. The van der Waals surface area contributed by atoms with Gasteiger partial charge in [0.05, 0.1) is 13.7 Å². The van der Waals surface area contributed by atoms with Crippen molar-refractivity contribution in [3.05, 3.63) is 71.8 Å². The van der Waals surface area contributed by atoms with Crippen LogP contribution < -0.4 is 4.74 Å². The molecule has 6 heteroatoms. The van der Waals surface area contributed by atoms with Crippen molar-refractivity contribution in [2.45, 2.75) is 6.54 Å². The Kier molecular flexibility index (Phi) is 8.53. The van der Waals surface area contributed by atoms with Gasteiger partial charge in [0.15, 0.2) is 0 Å². The van der Waals surface area contributed by atoms with Gasteiger partial charge in [-0.25, -0.2) is 0 Å². The van der Waals surface area contributed by atoms with Crippen molar-refractivity contribution in [3.8, 4) is 5.75 Å². The topological polar surface area (TPSA) is 39.3 Å². The molecule has 1 amide bonds. The van der Waals surface area contributed by atoms with Gasteiger partial charge >= 0.3 is 0 Å². The molecule has 0 radical (unpaired) electrons. The molecule has 176 valence electrons. The molecule has 0 aliphatic carbocycles. The SMILES string of the molecule is COc1ccc(CN2CCN(C(=O)CN3CCN(C/C=C/c4ccccc4)CC3)CC2)cc1. The highest BCUT2D eigenvalue weighted by Crippen LogP contribution is 2.14. The molecule has 6 nitrogen and oxygen atoms in total. The second kappa shape index (κ2) is 12.0. The number of carbonyl (C=O) groups is 1. The van der Waals surface area contributed by atoms with E-state index in [-0.39, 0.29) is 5.91 Å². The molecule has 0 saturated carbocycles. The van der Waals surface area contributed by atoms with Crippen LogP contribution in [-0.4, -0.2) is 98.1 Å². The maximum Gasteiger partial charge on any atom is 0.236 e. The lowest BCUT2D eigenvalue weighted by Crippen LogP contribution is -2.53. The first kappa shape index (κ1) is 23.5. The zero-order chi connectivity index (χ0) is 22.9. The van der Waals surface area contributed by atoms with Crippen LogP contribution in [0.25, 0.3) is 6.08 Å². The molecule has 0 aromatic heterocycles. The van der Waals surface area contributed by atoms with E-state index in [1.165, 1.54) is 11.1 Å². The maximum absolute atomic E-state index is 12.8. The average Bonchev–Trinajstić information content (AvgIpc) is 2.87. The lowest BCUT2D eigenvalue weighted by Gasteiger charge is -2.37. The lowest BCUT2D eigenvalue weighted by atomic mass is 10.2. The minimum absolute atomic E-state index is 0.275. The van der Waals surface area contributed by atoms with Crippen LogP contribution >= 0.6 is 0 Å². The minimum Gasteiger partial charge on any atom is -0.497 e. The minimum atomic E-state index is 0.275. The molecule has 2 aliphatic rings. The van der Waals surface area contributed by atoms with Crippen molar-refractivity contribution in [2.75, 3.05) is 72.6 Å². The summed E-state index contributed by atoms with van der Waals surface area (Å²) in [7, 11) is 1.69. The third-order valence-corrected chi connectivity index (χ3v) is 6.59. The summed E-state index contributed by atoms with van der Waals surface area (Å²) in [5.41, 5.74) is 2.53. The van der Waals surface area contributed by atoms with Gasteiger partial charge in [0.1, 0.15) is 5.75 Å². The van der Waals surface area contributed by atoms with Crippen molar-refractivity contribution >= 4 is 12.0 Å². The van der Waals surface area contributed by atoms with Gasteiger partial charge in [-0.1, -0.05) is 54.6 Å². The molecule has 2 heterocycles. The summed E-state index contributed by atoms with van der Waals surface area (Å²) in [5, 5.41) is 0. The fraction of sp³-hybridized carbons (Fsp3) is 0.444. The van der Waals surface area contributed by atoms with Crippen molar-refractivity contribution in [3.63, 3.8) is 0 Å². The maximum atomic E-state index is 12.8. The number of amides is 1. The van der Waals surface area contributed by atoms with Crippen LogP contribution in [0, 0.1) is 0 Å². The number of piperazine rings is 2. The Morgan fingerprint density at radius 3 is 2.12 bits per heavy atom. The second-order valence-electron chi connectivity index (χ2n) is 8.89. The van der Waals surface area contributed by atoms with E-state index in [9.17, 15) is 4.79 Å². The predicted molar refractivity (Wildman–Crippen MR) is 133 cm³/mol. The summed E-state index contributed by atoms with van der Waals surface area (Å²) in [6, 6.07) is 18.7. The van der Waals surface area contributed by atoms with Crippen LogP contribution in [-0.2, 0) is 11.3 Å². The fourth-order valence-electron chi connectivity index (χ4n) is 4.47. The van der Waals surface area contributed by atoms with Crippen LogP contribution in [0.4, 0.5) is 0 Å². The molecule has 2 aliphatic heterocycles. The molecule has 0 atom stereocenters. The Hall–Kier alpha value is -2.67. The van der Waals surface area contributed by atoms with E-state index in [1.807, 2.05) is 23.1 Å². The van der Waals surface area contributed by atoms with Crippen molar-refractivity contribution < 1.29 is 9.53 Å². The lowest BCUT2D eigenvalue weighted by molar-refractivity contribution is -0.134. The Balaban J connectivity index is 1.13. The van der Waals surface area contributed by atoms with Gasteiger partial charge in [-0.05, 0) is 23.3 Å². The summed E-state index contributed by atoms with van der Waals surface area (Å²) in [4.78, 5) is 22.1. The zero-order valence-corrected chi connectivity index (χ0v) is 19.7. The number of nitrogens with zero attached hydrogens (tertiary/aromatic N) is 4. The molecule has 2 aromatic carbocycles. The third kappa shape index (κ3) is 7.16. The van der Waals surface area contributed by atoms with Crippen molar-refractivity contribution in [2.24, 2.45) is 0 Å². The van der Waals surface area contributed by atoms with E-state index >= 15 is 0 Å². The van der Waals surface area contributed by atoms with Gasteiger partial charge in [-0.15, -0.1) is 0 Å². The Labute approximate surface area is 198 Å². The molecule has 0 spiro atoms. The molecule has 2 fully saturated rings. The van der Waals surface area contributed by atoms with E-state index in [1.54, 1.807) is 7.11 Å². The molecular weight excluding hydrogens is 412 g/mol. The second-order valence-corrected chi connectivity index (χ2v) is 8.89. The summed E-state index contributed by atoms with van der Waals surface area (Å²) in [6.07, 6.45) is 4.42. The molecular formula is C27H36N4O2. The van der Waals surface area contributed by atoms with Gasteiger partial charge in [0.2, 0.25) is 5.91 Å². The van der Waals surface area contributed by atoms with E-state index < -0.39 is 0 Å². The number of hydrogen-bond acceptors (Lipinski definition) is 5. The van der Waals surface area contributed by atoms with Gasteiger partial charge in [0.25, 0.3) is 0 Å². The normalized spacial score (nSPS) is 18.6. The first-order valence-electron chi connectivity index (χ1n) is 12.0. The number of hydrogen-bond donors (Lipinski definition) is 0.